The monoisotopic (exact) mass is 572 g/mol. The van der Waals surface area contributed by atoms with Crippen molar-refractivity contribution < 1.29 is 28.3 Å². The van der Waals surface area contributed by atoms with Crippen LogP contribution in [0.2, 0.25) is 0 Å². The molecule has 3 aliphatic carbocycles. The van der Waals surface area contributed by atoms with Gasteiger partial charge in [0, 0.05) is 36.6 Å². The number of nitrogens with zero attached hydrogens (tertiary/aromatic N) is 2. The number of benzene rings is 4. The van der Waals surface area contributed by atoms with Gasteiger partial charge in [-0.2, -0.15) is 0 Å². The summed E-state index contributed by atoms with van der Waals surface area (Å²) in [6.45, 7) is 0.110. The number of ether oxygens (including phenoxy) is 1. The van der Waals surface area contributed by atoms with E-state index in [2.05, 4.69) is 24.3 Å². The van der Waals surface area contributed by atoms with Crippen LogP contribution >= 0.6 is 0 Å². The largest absolute Gasteiger partial charge is 0.426 e. The normalized spacial score (nSPS) is 25.0. The smallest absolute Gasteiger partial charge is 0.316 e. The zero-order valence-corrected chi connectivity index (χ0v) is 22.9. The summed E-state index contributed by atoms with van der Waals surface area (Å²) in [6, 6.07) is 28.1. The predicted octanol–water partition coefficient (Wildman–Crippen LogP) is 5.18. The van der Waals surface area contributed by atoms with Crippen LogP contribution in [0.25, 0.3) is 0 Å². The Labute approximate surface area is 246 Å². The van der Waals surface area contributed by atoms with Gasteiger partial charge in [0.1, 0.15) is 11.6 Å². The van der Waals surface area contributed by atoms with E-state index in [0.29, 0.717) is 11.4 Å². The third-order valence-corrected chi connectivity index (χ3v) is 9.34. The summed E-state index contributed by atoms with van der Waals surface area (Å²) in [4.78, 5) is 56.5. The number of esters is 1. The molecule has 5 aliphatic rings. The fourth-order valence-electron chi connectivity index (χ4n) is 7.55. The Morgan fingerprint density at radius 2 is 1.26 bits per heavy atom. The minimum absolute atomic E-state index is 0.0355. The van der Waals surface area contributed by atoms with Gasteiger partial charge in [-0.05, 0) is 58.7 Å². The number of imide groups is 1. The van der Waals surface area contributed by atoms with Crippen LogP contribution in [0.1, 0.15) is 40.5 Å². The zero-order valence-electron chi connectivity index (χ0n) is 22.9. The van der Waals surface area contributed by atoms with Crippen molar-refractivity contribution in [3.63, 3.8) is 0 Å². The lowest BCUT2D eigenvalue weighted by molar-refractivity contribution is -0.139. The molecular weight excluding hydrogens is 547 g/mol. The molecule has 0 saturated carbocycles. The highest BCUT2D eigenvalue weighted by Crippen LogP contribution is 2.61. The third-order valence-electron chi connectivity index (χ3n) is 9.34. The molecule has 7 nitrogen and oxygen atoms in total. The Bertz CT molecular complexity index is 1740. The molecule has 0 aromatic heterocycles. The van der Waals surface area contributed by atoms with Gasteiger partial charge in [0.15, 0.2) is 0 Å². The summed E-state index contributed by atoms with van der Waals surface area (Å²) < 4.78 is 19.0. The first-order chi connectivity index (χ1) is 20.9. The van der Waals surface area contributed by atoms with E-state index in [1.165, 1.54) is 40.1 Å². The Morgan fingerprint density at radius 3 is 1.81 bits per heavy atom. The Kier molecular flexibility index (Phi) is 5.63. The quantitative estimate of drug-likeness (QED) is 0.191. The van der Waals surface area contributed by atoms with Gasteiger partial charge in [-0.25, -0.2) is 9.29 Å². The van der Waals surface area contributed by atoms with E-state index in [1.54, 1.807) is 18.2 Å². The molecule has 4 aromatic carbocycles. The maximum Gasteiger partial charge on any atom is 0.316 e. The van der Waals surface area contributed by atoms with Crippen molar-refractivity contribution in [2.75, 3.05) is 16.3 Å². The van der Waals surface area contributed by atoms with Crippen LogP contribution in [0.3, 0.4) is 0 Å². The first-order valence-electron chi connectivity index (χ1n) is 14.3. The predicted molar refractivity (Wildman–Crippen MR) is 155 cm³/mol. The van der Waals surface area contributed by atoms with Crippen LogP contribution in [0.15, 0.2) is 97.1 Å². The molecular formula is C35H25FN2O5. The molecule has 3 atom stereocenters. The first-order valence-corrected chi connectivity index (χ1v) is 14.3. The summed E-state index contributed by atoms with van der Waals surface area (Å²) in [7, 11) is 0. The molecule has 43 heavy (non-hydrogen) atoms. The SMILES string of the molecule is O=C(Oc1cccc(N2C(=O)[C@@H]3C4c5ccccc5C(c5ccccc54)[C@H]3C2=O)c1)[C@H]1CC(=O)N(c2ccc(F)cc2)C1. The maximum atomic E-state index is 14.1. The number of carbonyl (C=O) groups excluding carboxylic acids is 4. The van der Waals surface area contributed by atoms with Crippen molar-refractivity contribution in [1.82, 2.24) is 0 Å². The lowest BCUT2D eigenvalue weighted by Gasteiger charge is -2.45. The molecule has 9 rings (SSSR count). The van der Waals surface area contributed by atoms with E-state index < -0.39 is 29.5 Å². The molecule has 2 heterocycles. The van der Waals surface area contributed by atoms with E-state index >= 15 is 0 Å². The van der Waals surface area contributed by atoms with Crippen LogP contribution in [-0.2, 0) is 19.2 Å². The highest BCUT2D eigenvalue weighted by atomic mass is 19.1. The zero-order chi connectivity index (χ0) is 29.4. The Balaban J connectivity index is 1.06. The molecule has 0 unspecified atom stereocenters. The standard InChI is InChI=1S/C35H25FN2O5/c36-20-12-14-21(15-13-20)37-18-19(16-28(37)39)35(42)43-23-7-5-6-22(17-23)38-33(40)31-29-24-8-1-2-9-25(24)30(32(31)34(38)41)27-11-4-3-10-26(27)29/h1-15,17,19,29-32H,16,18H2/t19-,29?,30?,31+,32+/m0/s1. The maximum absolute atomic E-state index is 14.1. The average Bonchev–Trinajstić information content (AvgIpc) is 3.54. The lowest BCUT2D eigenvalue weighted by atomic mass is 9.55. The van der Waals surface area contributed by atoms with Crippen molar-refractivity contribution in [3.05, 3.63) is 125 Å². The summed E-state index contributed by atoms with van der Waals surface area (Å²) in [5, 5.41) is 0. The van der Waals surface area contributed by atoms with E-state index in [1.807, 2.05) is 24.3 Å². The molecule has 2 aliphatic heterocycles. The fourth-order valence-corrected chi connectivity index (χ4v) is 7.55. The second-order valence-electron chi connectivity index (χ2n) is 11.6. The van der Waals surface area contributed by atoms with Crippen molar-refractivity contribution in [2.45, 2.75) is 18.3 Å². The topological polar surface area (TPSA) is 84.0 Å². The molecule has 2 bridgehead atoms. The van der Waals surface area contributed by atoms with Crippen LogP contribution in [0.4, 0.5) is 15.8 Å². The molecule has 8 heteroatoms. The van der Waals surface area contributed by atoms with Crippen LogP contribution in [0, 0.1) is 23.6 Å². The van der Waals surface area contributed by atoms with Gasteiger partial charge in [-0.1, -0.05) is 54.6 Å². The summed E-state index contributed by atoms with van der Waals surface area (Å²) in [5.74, 6) is -3.77. The van der Waals surface area contributed by atoms with Gasteiger partial charge in [-0.15, -0.1) is 0 Å². The number of amides is 3. The van der Waals surface area contributed by atoms with Crippen LogP contribution < -0.4 is 14.5 Å². The van der Waals surface area contributed by atoms with Gasteiger partial charge in [0.05, 0.1) is 23.4 Å². The van der Waals surface area contributed by atoms with Crippen molar-refractivity contribution >= 4 is 35.1 Å². The molecule has 2 fully saturated rings. The van der Waals surface area contributed by atoms with Gasteiger partial charge in [0.2, 0.25) is 17.7 Å². The van der Waals surface area contributed by atoms with Crippen molar-refractivity contribution in [2.24, 2.45) is 17.8 Å². The number of carbonyl (C=O) groups is 4. The van der Waals surface area contributed by atoms with E-state index in [4.69, 9.17) is 4.74 Å². The number of halogens is 1. The Morgan fingerprint density at radius 1 is 0.698 bits per heavy atom. The van der Waals surface area contributed by atoms with Gasteiger partial charge >= 0.3 is 5.97 Å². The molecule has 212 valence electrons. The van der Waals surface area contributed by atoms with Gasteiger partial charge in [-0.3, -0.25) is 19.2 Å². The number of rotatable bonds is 4. The third kappa shape index (κ3) is 3.79. The Hall–Kier alpha value is -5.11. The first kappa shape index (κ1) is 25.6. The average molecular weight is 573 g/mol. The second kappa shape index (κ2) is 9.46. The number of anilines is 2. The minimum atomic E-state index is -0.716. The number of hydrogen-bond acceptors (Lipinski definition) is 5. The molecule has 3 amide bonds. The highest BCUT2D eigenvalue weighted by molar-refractivity contribution is 6.23. The highest BCUT2D eigenvalue weighted by Gasteiger charge is 2.61. The molecule has 2 saturated heterocycles. The van der Waals surface area contributed by atoms with E-state index in [-0.39, 0.29) is 48.3 Å². The summed E-state index contributed by atoms with van der Waals surface area (Å²) in [5.41, 5.74) is 5.24. The fraction of sp³-hybridized carbons (Fsp3) is 0.200. The van der Waals surface area contributed by atoms with Crippen LogP contribution in [-0.4, -0.2) is 30.2 Å². The van der Waals surface area contributed by atoms with E-state index in [9.17, 15) is 23.6 Å². The molecule has 4 aromatic rings. The molecule has 0 spiro atoms. The van der Waals surface area contributed by atoms with Gasteiger partial charge < -0.3 is 9.64 Å². The van der Waals surface area contributed by atoms with Crippen LogP contribution in [0.5, 0.6) is 5.75 Å². The summed E-state index contributed by atoms with van der Waals surface area (Å²) >= 11 is 0. The minimum Gasteiger partial charge on any atom is -0.426 e. The van der Waals surface area contributed by atoms with Crippen molar-refractivity contribution in [3.8, 4) is 5.75 Å². The second-order valence-corrected chi connectivity index (χ2v) is 11.6. The lowest BCUT2D eigenvalue weighted by Crippen LogP contribution is -2.41. The molecule has 0 N–H and O–H groups in total. The van der Waals surface area contributed by atoms with Crippen molar-refractivity contribution in [1.29, 1.82) is 0 Å². The summed E-state index contributed by atoms with van der Waals surface area (Å²) in [6.07, 6.45) is -0.0355. The molecule has 0 radical (unpaired) electrons. The number of hydrogen-bond donors (Lipinski definition) is 0. The van der Waals surface area contributed by atoms with E-state index in [0.717, 1.165) is 22.3 Å². The van der Waals surface area contributed by atoms with Gasteiger partial charge in [0.25, 0.3) is 0 Å².